The second-order valence-corrected chi connectivity index (χ2v) is 6.87. The molecule has 0 saturated carbocycles. The summed E-state index contributed by atoms with van der Waals surface area (Å²) in [6.07, 6.45) is 3.25. The maximum absolute atomic E-state index is 13.2. The topological polar surface area (TPSA) is 82.2 Å². The third-order valence-electron chi connectivity index (χ3n) is 4.91. The molecule has 5 rings (SSSR count). The lowest BCUT2D eigenvalue weighted by Crippen LogP contribution is -2.23. The number of hydrogen-bond acceptors (Lipinski definition) is 5. The Labute approximate surface area is 177 Å². The van der Waals surface area contributed by atoms with Gasteiger partial charge in [-0.3, -0.25) is 4.79 Å². The van der Waals surface area contributed by atoms with Gasteiger partial charge in [-0.25, -0.2) is 10.4 Å². The monoisotopic (exact) mass is 410 g/mol. The summed E-state index contributed by atoms with van der Waals surface area (Å²) in [5, 5.41) is 5.12. The lowest BCUT2D eigenvalue weighted by Gasteiger charge is -2.11. The highest BCUT2D eigenvalue weighted by atomic mass is 16.5. The van der Waals surface area contributed by atoms with Crippen LogP contribution in [-0.2, 0) is 0 Å². The van der Waals surface area contributed by atoms with Crippen molar-refractivity contribution in [2.24, 2.45) is 0 Å². The van der Waals surface area contributed by atoms with E-state index in [1.165, 1.54) is 4.79 Å². The number of furan rings is 1. The molecule has 0 bridgehead atoms. The van der Waals surface area contributed by atoms with Crippen molar-refractivity contribution in [2.45, 2.75) is 0 Å². The van der Waals surface area contributed by atoms with E-state index in [2.05, 4.69) is 10.5 Å². The molecule has 0 atom stereocenters. The van der Waals surface area contributed by atoms with Gasteiger partial charge in [-0.2, -0.15) is 4.79 Å². The molecule has 0 fully saturated rings. The van der Waals surface area contributed by atoms with Gasteiger partial charge in [-0.05, 0) is 42.5 Å². The van der Waals surface area contributed by atoms with Crippen molar-refractivity contribution >= 4 is 16.8 Å². The molecule has 7 heteroatoms. The molecule has 31 heavy (non-hydrogen) atoms. The summed E-state index contributed by atoms with van der Waals surface area (Å²) in [5.74, 6) is 1.06. The van der Waals surface area contributed by atoms with Gasteiger partial charge < -0.3 is 9.15 Å². The molecule has 0 spiro atoms. The van der Waals surface area contributed by atoms with Gasteiger partial charge in [0, 0.05) is 17.1 Å². The number of carbonyl (C=O) groups is 1. The average molecular weight is 410 g/mol. The van der Waals surface area contributed by atoms with E-state index in [0.29, 0.717) is 22.7 Å². The number of nitrogens with zero attached hydrogens (tertiary/aromatic N) is 3. The third-order valence-corrected chi connectivity index (χ3v) is 4.91. The number of para-hydroxylation sites is 1. The molecule has 2 aromatic carbocycles. The fraction of sp³-hybridized carbons (Fsp3) is 0.0417. The van der Waals surface area contributed by atoms with E-state index < -0.39 is 0 Å². The predicted molar refractivity (Wildman–Crippen MR) is 117 cm³/mol. The molecule has 0 aliphatic rings. The summed E-state index contributed by atoms with van der Waals surface area (Å²) in [4.78, 5) is 19.3. The summed E-state index contributed by atoms with van der Waals surface area (Å²) in [6.45, 7) is 0. The number of benzene rings is 2. The number of pyridine rings is 1. The van der Waals surface area contributed by atoms with Gasteiger partial charge in [0.1, 0.15) is 11.4 Å². The van der Waals surface area contributed by atoms with Crippen LogP contribution in [-0.4, -0.2) is 27.9 Å². The minimum absolute atomic E-state index is 0.295. The number of carbonyl (C=O) groups excluding carboxylic acids is 1. The number of ether oxygens (including phenoxy) is 1. The zero-order valence-corrected chi connectivity index (χ0v) is 16.6. The van der Waals surface area contributed by atoms with Crippen molar-refractivity contribution < 1.29 is 13.9 Å². The van der Waals surface area contributed by atoms with Crippen molar-refractivity contribution in [1.29, 1.82) is 0 Å². The number of rotatable bonds is 5. The first-order valence-electron chi connectivity index (χ1n) is 9.66. The fourth-order valence-corrected chi connectivity index (χ4v) is 3.40. The van der Waals surface area contributed by atoms with E-state index in [0.717, 1.165) is 22.2 Å². The smallest absolute Gasteiger partial charge is 0.272 e. The maximum atomic E-state index is 13.2. The number of nitrogens with one attached hydrogen (secondary N) is 1. The standard InChI is InChI=1S/C24H18N4O3/c1-30-17-7-4-6-16(14-17)22-15-19(18-8-2-3-9-20(18)25-22)24(29)27-28-12-11-21(26-28)23-10-5-13-31-23/h2-15H,1H3,(H,27,29). The van der Waals surface area contributed by atoms with Gasteiger partial charge in [0.2, 0.25) is 0 Å². The van der Waals surface area contributed by atoms with Crippen LogP contribution in [0.3, 0.4) is 0 Å². The molecule has 3 aromatic heterocycles. The molecular weight excluding hydrogens is 392 g/mol. The van der Waals surface area contributed by atoms with E-state index >= 15 is 0 Å². The zero-order chi connectivity index (χ0) is 21.2. The van der Waals surface area contributed by atoms with Gasteiger partial charge in [0.25, 0.3) is 5.91 Å². The van der Waals surface area contributed by atoms with Crippen LogP contribution in [0.25, 0.3) is 33.6 Å². The Kier molecular flexibility index (Phi) is 4.68. The normalized spacial score (nSPS) is 10.9. The van der Waals surface area contributed by atoms with E-state index in [1.54, 1.807) is 37.8 Å². The van der Waals surface area contributed by atoms with Crippen molar-refractivity contribution in [1.82, 2.24) is 14.9 Å². The molecule has 152 valence electrons. The summed E-state index contributed by atoms with van der Waals surface area (Å²) < 4.78 is 10.7. The summed E-state index contributed by atoms with van der Waals surface area (Å²) >= 11 is 0. The van der Waals surface area contributed by atoms with Gasteiger partial charge in [0.05, 0.1) is 30.1 Å². The minimum Gasteiger partial charge on any atom is -0.497 e. The van der Waals surface area contributed by atoms with Crippen LogP contribution in [0.4, 0.5) is 0 Å². The maximum Gasteiger partial charge on any atom is 0.272 e. The van der Waals surface area contributed by atoms with Crippen LogP contribution in [0.15, 0.2) is 89.7 Å². The highest BCUT2D eigenvalue weighted by molar-refractivity contribution is 6.10. The van der Waals surface area contributed by atoms with Gasteiger partial charge in [-0.15, -0.1) is 5.10 Å². The molecule has 3 heterocycles. The second kappa shape index (κ2) is 7.79. The summed E-state index contributed by atoms with van der Waals surface area (Å²) in [6, 6.07) is 22.3. The predicted octanol–water partition coefficient (Wildman–Crippen LogP) is 4.75. The van der Waals surface area contributed by atoms with Crippen molar-refractivity contribution in [3.8, 4) is 28.5 Å². The van der Waals surface area contributed by atoms with Crippen molar-refractivity contribution in [2.75, 3.05) is 12.5 Å². The highest BCUT2D eigenvalue weighted by Crippen LogP contribution is 2.27. The molecule has 0 saturated heterocycles. The molecule has 1 amide bonds. The number of fused-ring (bicyclic) bond motifs is 1. The molecule has 0 radical (unpaired) electrons. The molecular formula is C24H18N4O3. The van der Waals surface area contributed by atoms with Crippen LogP contribution in [0.2, 0.25) is 0 Å². The Balaban J connectivity index is 1.53. The lowest BCUT2D eigenvalue weighted by molar-refractivity contribution is 0.101. The number of methoxy groups -OCH3 is 1. The number of hydrogen-bond donors (Lipinski definition) is 1. The van der Waals surface area contributed by atoms with Gasteiger partial charge >= 0.3 is 0 Å². The van der Waals surface area contributed by atoms with Gasteiger partial charge in [0.15, 0.2) is 5.76 Å². The van der Waals surface area contributed by atoms with Crippen molar-refractivity contribution in [3.63, 3.8) is 0 Å². The highest BCUT2D eigenvalue weighted by Gasteiger charge is 2.15. The van der Waals surface area contributed by atoms with E-state index in [4.69, 9.17) is 14.1 Å². The van der Waals surface area contributed by atoms with E-state index in [9.17, 15) is 4.79 Å². The van der Waals surface area contributed by atoms with Gasteiger partial charge in [-0.1, -0.05) is 30.3 Å². The Bertz CT molecular complexity index is 1370. The minimum atomic E-state index is -0.295. The first kappa shape index (κ1) is 18.6. The van der Waals surface area contributed by atoms with Crippen LogP contribution in [0.5, 0.6) is 5.75 Å². The first-order chi connectivity index (χ1) is 15.2. The van der Waals surface area contributed by atoms with Crippen LogP contribution < -0.4 is 10.2 Å². The quantitative estimate of drug-likeness (QED) is 0.452. The molecule has 5 aromatic rings. The molecule has 7 nitrogen and oxygen atoms in total. The molecule has 0 unspecified atom stereocenters. The Morgan fingerprint density at radius 3 is 2.74 bits per heavy atom. The molecule has 0 aliphatic heterocycles. The molecule has 0 aliphatic carbocycles. The molecule has 1 N–H and O–H groups in total. The third kappa shape index (κ3) is 3.64. The number of amides is 1. The van der Waals surface area contributed by atoms with Crippen LogP contribution in [0.1, 0.15) is 10.4 Å². The lowest BCUT2D eigenvalue weighted by atomic mass is 10.0. The van der Waals surface area contributed by atoms with E-state index in [-0.39, 0.29) is 5.91 Å². The summed E-state index contributed by atoms with van der Waals surface area (Å²) in [5.41, 5.74) is 6.20. The first-order valence-corrected chi connectivity index (χ1v) is 9.66. The Morgan fingerprint density at radius 2 is 1.90 bits per heavy atom. The largest absolute Gasteiger partial charge is 0.497 e. The zero-order valence-electron chi connectivity index (χ0n) is 16.6. The van der Waals surface area contributed by atoms with Crippen LogP contribution >= 0.6 is 0 Å². The Morgan fingerprint density at radius 1 is 1.00 bits per heavy atom. The SMILES string of the molecule is COc1cccc(-c2cc(C(=O)Nn3ccc(-c4ccco4)n3)c3ccccc3n2)c1. The Hall–Kier alpha value is -4.39. The fourth-order valence-electron chi connectivity index (χ4n) is 3.40. The number of aromatic nitrogens is 3. The van der Waals surface area contributed by atoms with Crippen molar-refractivity contribution in [3.05, 3.63) is 90.8 Å². The average Bonchev–Trinajstić information content (AvgIpc) is 3.50. The van der Waals surface area contributed by atoms with E-state index in [1.807, 2.05) is 54.6 Å². The van der Waals surface area contributed by atoms with Crippen LogP contribution in [0, 0.1) is 0 Å². The second-order valence-electron chi connectivity index (χ2n) is 6.87. The summed E-state index contributed by atoms with van der Waals surface area (Å²) in [7, 11) is 1.62.